The fraction of sp³-hybridized carbons (Fsp3) is 1.00. The molecule has 0 radical (unpaired) electrons. The van der Waals surface area contributed by atoms with E-state index in [1.807, 2.05) is 0 Å². The summed E-state index contributed by atoms with van der Waals surface area (Å²) in [5.74, 6) is 2.19. The molecule has 24 heavy (non-hydrogen) atoms. The van der Waals surface area contributed by atoms with Crippen LogP contribution in [0.4, 0.5) is 8.78 Å². The van der Waals surface area contributed by atoms with E-state index in [1.54, 1.807) is 0 Å². The Morgan fingerprint density at radius 2 is 1.79 bits per heavy atom. The van der Waals surface area contributed by atoms with Crippen molar-refractivity contribution in [3.05, 3.63) is 0 Å². The van der Waals surface area contributed by atoms with Crippen LogP contribution in [0, 0.1) is 23.7 Å². The Morgan fingerprint density at radius 1 is 0.958 bits per heavy atom. The Kier molecular flexibility index (Phi) is 5.12. The van der Waals surface area contributed by atoms with Gasteiger partial charge in [0.1, 0.15) is 6.17 Å². The largest absolute Gasteiger partial charge is 0.313 e. The third-order valence-electron chi connectivity index (χ3n) is 7.26. The van der Waals surface area contributed by atoms with Crippen LogP contribution in [0.25, 0.3) is 0 Å². The van der Waals surface area contributed by atoms with Gasteiger partial charge in [-0.05, 0) is 75.2 Å². The number of halogens is 2. The number of nitrogens with one attached hydrogen (secondary N) is 2. The maximum Gasteiger partial charge on any atom is 0.165 e. The van der Waals surface area contributed by atoms with Gasteiger partial charge in [0, 0.05) is 19.1 Å². The average molecular weight is 341 g/mol. The van der Waals surface area contributed by atoms with E-state index in [9.17, 15) is 8.78 Å². The van der Waals surface area contributed by atoms with Gasteiger partial charge in [0.05, 0.1) is 6.17 Å². The molecule has 3 heterocycles. The minimum Gasteiger partial charge on any atom is -0.313 e. The highest BCUT2D eigenvalue weighted by molar-refractivity contribution is 4.97. The highest BCUT2D eigenvalue weighted by Gasteiger charge is 2.43. The van der Waals surface area contributed by atoms with Crippen LogP contribution in [0.2, 0.25) is 0 Å². The molecule has 4 aliphatic rings. The fourth-order valence-electron chi connectivity index (χ4n) is 5.99. The van der Waals surface area contributed by atoms with E-state index in [2.05, 4.69) is 22.5 Å². The molecule has 0 amide bonds. The lowest BCUT2D eigenvalue weighted by atomic mass is 9.67. The minimum atomic E-state index is -0.852. The lowest BCUT2D eigenvalue weighted by Crippen LogP contribution is -2.54. The molecule has 0 aromatic rings. The topological polar surface area (TPSA) is 27.3 Å². The molecule has 1 saturated carbocycles. The molecule has 0 aromatic heterocycles. The number of fused-ring (bicyclic) bond motifs is 1. The first-order chi connectivity index (χ1) is 11.6. The SMILES string of the molecule is CC1CC(C2NCCCC2C2CCC3NC(F)CN3C2)CCC1F. The second-order valence-electron chi connectivity index (χ2n) is 8.79. The number of hydrogen-bond acceptors (Lipinski definition) is 3. The number of rotatable bonds is 2. The van der Waals surface area contributed by atoms with E-state index in [1.165, 1.54) is 19.3 Å². The molecule has 3 aliphatic heterocycles. The van der Waals surface area contributed by atoms with E-state index in [4.69, 9.17) is 0 Å². The van der Waals surface area contributed by atoms with Crippen LogP contribution >= 0.6 is 0 Å². The molecular formula is C19H33F2N3. The molecule has 2 N–H and O–H groups in total. The zero-order valence-corrected chi connectivity index (χ0v) is 14.9. The molecule has 5 heteroatoms. The maximum absolute atomic E-state index is 13.9. The maximum atomic E-state index is 13.9. The Labute approximate surface area is 144 Å². The van der Waals surface area contributed by atoms with Crippen molar-refractivity contribution in [1.82, 2.24) is 15.5 Å². The van der Waals surface area contributed by atoms with Crippen LogP contribution in [0.15, 0.2) is 0 Å². The first-order valence-electron chi connectivity index (χ1n) is 10.1. The third-order valence-corrected chi connectivity index (χ3v) is 7.26. The van der Waals surface area contributed by atoms with Gasteiger partial charge in [-0.2, -0.15) is 0 Å². The van der Waals surface area contributed by atoms with E-state index >= 15 is 0 Å². The summed E-state index contributed by atoms with van der Waals surface area (Å²) in [6.45, 7) is 4.78. The van der Waals surface area contributed by atoms with Gasteiger partial charge < -0.3 is 5.32 Å². The summed E-state index contributed by atoms with van der Waals surface area (Å²) < 4.78 is 27.5. The van der Waals surface area contributed by atoms with Gasteiger partial charge in [0.15, 0.2) is 6.30 Å². The molecular weight excluding hydrogens is 308 g/mol. The third kappa shape index (κ3) is 3.36. The molecule has 4 fully saturated rings. The zero-order valence-electron chi connectivity index (χ0n) is 14.9. The van der Waals surface area contributed by atoms with Gasteiger partial charge in [-0.1, -0.05) is 6.92 Å². The molecule has 3 nitrogen and oxygen atoms in total. The first-order valence-corrected chi connectivity index (χ1v) is 10.1. The van der Waals surface area contributed by atoms with Crippen molar-refractivity contribution in [1.29, 1.82) is 0 Å². The molecule has 8 atom stereocenters. The van der Waals surface area contributed by atoms with Gasteiger partial charge in [-0.25, -0.2) is 8.78 Å². The fourth-order valence-corrected chi connectivity index (χ4v) is 5.99. The van der Waals surface area contributed by atoms with Crippen LogP contribution in [0.3, 0.4) is 0 Å². The van der Waals surface area contributed by atoms with E-state index < -0.39 is 12.5 Å². The number of alkyl halides is 2. The van der Waals surface area contributed by atoms with Crippen LogP contribution < -0.4 is 10.6 Å². The van der Waals surface area contributed by atoms with Crippen LogP contribution in [-0.2, 0) is 0 Å². The molecule has 0 bridgehead atoms. The predicted octanol–water partition coefficient (Wildman–Crippen LogP) is 3.07. The van der Waals surface area contributed by atoms with Gasteiger partial charge in [-0.3, -0.25) is 10.2 Å². The minimum absolute atomic E-state index is 0.207. The second kappa shape index (κ2) is 7.16. The van der Waals surface area contributed by atoms with Crippen LogP contribution in [-0.4, -0.2) is 49.2 Å². The van der Waals surface area contributed by atoms with Gasteiger partial charge in [0.25, 0.3) is 0 Å². The van der Waals surface area contributed by atoms with Gasteiger partial charge >= 0.3 is 0 Å². The average Bonchev–Trinajstić information content (AvgIpc) is 2.96. The lowest BCUT2D eigenvalue weighted by Gasteiger charge is -2.47. The molecule has 0 spiro atoms. The Hall–Kier alpha value is -0.260. The lowest BCUT2D eigenvalue weighted by molar-refractivity contribution is 0.0376. The second-order valence-corrected chi connectivity index (χ2v) is 8.79. The standard InChI is InChI=1S/C19H33F2N3/c1-12-9-13(4-6-16(12)20)19-15(3-2-8-22-19)14-5-7-18-23-17(21)11-24(18)10-14/h12-19,22-23H,2-11H2,1H3. The van der Waals surface area contributed by atoms with Crippen molar-refractivity contribution in [2.75, 3.05) is 19.6 Å². The van der Waals surface area contributed by atoms with E-state index in [-0.39, 0.29) is 12.1 Å². The Bertz CT molecular complexity index is 435. The molecule has 3 saturated heterocycles. The van der Waals surface area contributed by atoms with Crippen molar-refractivity contribution in [3.8, 4) is 0 Å². The smallest absolute Gasteiger partial charge is 0.165 e. The predicted molar refractivity (Wildman–Crippen MR) is 92.0 cm³/mol. The molecule has 0 aromatic carbocycles. The van der Waals surface area contributed by atoms with Crippen molar-refractivity contribution >= 4 is 0 Å². The summed E-state index contributed by atoms with van der Waals surface area (Å²) in [4.78, 5) is 2.32. The van der Waals surface area contributed by atoms with Crippen LogP contribution in [0.1, 0.15) is 51.9 Å². The Balaban J connectivity index is 1.42. The summed E-state index contributed by atoms with van der Waals surface area (Å²) in [5.41, 5.74) is 0. The van der Waals surface area contributed by atoms with E-state index in [0.29, 0.717) is 30.3 Å². The number of hydrogen-bond donors (Lipinski definition) is 2. The summed E-state index contributed by atoms with van der Waals surface area (Å²) in [5, 5.41) is 6.88. The summed E-state index contributed by atoms with van der Waals surface area (Å²) in [6, 6.07) is 0.548. The van der Waals surface area contributed by atoms with Crippen molar-refractivity contribution < 1.29 is 8.78 Å². The molecule has 138 valence electrons. The van der Waals surface area contributed by atoms with Gasteiger partial charge in [0.2, 0.25) is 0 Å². The Morgan fingerprint density at radius 3 is 2.62 bits per heavy atom. The quantitative estimate of drug-likeness (QED) is 0.756. The normalized spacial score (nSPS) is 50.6. The highest BCUT2D eigenvalue weighted by Crippen LogP contribution is 2.41. The summed E-state index contributed by atoms with van der Waals surface area (Å²) in [6.07, 6.45) is 6.42. The summed E-state index contributed by atoms with van der Waals surface area (Å²) in [7, 11) is 0. The zero-order chi connectivity index (χ0) is 16.7. The molecule has 8 unspecified atom stereocenters. The number of nitrogens with zero attached hydrogens (tertiary/aromatic N) is 1. The van der Waals surface area contributed by atoms with Crippen molar-refractivity contribution in [3.63, 3.8) is 0 Å². The molecule has 1 aliphatic carbocycles. The first kappa shape index (κ1) is 17.2. The van der Waals surface area contributed by atoms with Crippen molar-refractivity contribution in [2.45, 2.75) is 76.5 Å². The van der Waals surface area contributed by atoms with Crippen molar-refractivity contribution in [2.24, 2.45) is 23.7 Å². The highest BCUT2D eigenvalue weighted by atomic mass is 19.1. The van der Waals surface area contributed by atoms with Crippen LogP contribution in [0.5, 0.6) is 0 Å². The van der Waals surface area contributed by atoms with Gasteiger partial charge in [-0.15, -0.1) is 0 Å². The summed E-state index contributed by atoms with van der Waals surface area (Å²) >= 11 is 0. The monoisotopic (exact) mass is 341 g/mol. The molecule has 4 rings (SSSR count). The number of piperidine rings is 2. The van der Waals surface area contributed by atoms with E-state index in [0.717, 1.165) is 38.8 Å².